The molecule has 0 amide bonds. The van der Waals surface area contributed by atoms with E-state index in [1.807, 2.05) is 38.1 Å². The topological polar surface area (TPSA) is 18.5 Å². The van der Waals surface area contributed by atoms with Crippen molar-refractivity contribution in [2.24, 2.45) is 0 Å². The van der Waals surface area contributed by atoms with Crippen LogP contribution in [0.4, 0.5) is 0 Å². The Morgan fingerprint density at radius 1 is 1.07 bits per heavy atom. The molecule has 76 valence electrons. The maximum absolute atomic E-state index is 5.27. The minimum atomic E-state index is 0.876. The van der Waals surface area contributed by atoms with Gasteiger partial charge in [-0.3, -0.25) is 0 Å². The summed E-state index contributed by atoms with van der Waals surface area (Å²) in [6.45, 7) is 3.98. The van der Waals surface area contributed by atoms with E-state index in [1.54, 1.807) is 14.2 Å². The van der Waals surface area contributed by atoms with Gasteiger partial charge < -0.3 is 9.47 Å². The Bertz CT molecular complexity index is 340. The first kappa shape index (κ1) is 10.6. The lowest BCUT2D eigenvalue weighted by Gasteiger charge is -2.10. The summed E-state index contributed by atoms with van der Waals surface area (Å²) in [6.07, 6.45) is 3.98. The van der Waals surface area contributed by atoms with E-state index in [0.717, 1.165) is 22.6 Å². The molecule has 0 unspecified atom stereocenters. The zero-order valence-electron chi connectivity index (χ0n) is 9.13. The standard InChI is InChI=1S/C12H16O2/c1-5-6-10-8-11(13-3)9(2)7-12(10)14-4/h5-8H,1-4H3/b6-5+. The zero-order valence-corrected chi connectivity index (χ0v) is 9.13. The molecule has 0 heterocycles. The van der Waals surface area contributed by atoms with Gasteiger partial charge in [0.1, 0.15) is 11.5 Å². The van der Waals surface area contributed by atoms with Crippen LogP contribution in [0.25, 0.3) is 6.08 Å². The third kappa shape index (κ3) is 2.08. The number of ether oxygens (including phenoxy) is 2. The van der Waals surface area contributed by atoms with Crippen molar-refractivity contribution >= 4 is 6.08 Å². The monoisotopic (exact) mass is 192 g/mol. The molecule has 0 spiro atoms. The quantitative estimate of drug-likeness (QED) is 0.732. The molecule has 0 aliphatic heterocycles. The Morgan fingerprint density at radius 2 is 1.71 bits per heavy atom. The van der Waals surface area contributed by atoms with E-state index in [2.05, 4.69) is 0 Å². The highest BCUT2D eigenvalue weighted by Gasteiger charge is 2.05. The highest BCUT2D eigenvalue weighted by Crippen LogP contribution is 2.28. The Kier molecular flexibility index (Phi) is 3.57. The van der Waals surface area contributed by atoms with Crippen LogP contribution in [0.2, 0.25) is 0 Å². The van der Waals surface area contributed by atoms with Crippen molar-refractivity contribution in [1.29, 1.82) is 0 Å². The molecule has 1 aromatic carbocycles. The van der Waals surface area contributed by atoms with E-state index in [4.69, 9.17) is 9.47 Å². The van der Waals surface area contributed by atoms with Crippen molar-refractivity contribution in [1.82, 2.24) is 0 Å². The van der Waals surface area contributed by atoms with E-state index in [0.29, 0.717) is 0 Å². The molecule has 0 aliphatic rings. The van der Waals surface area contributed by atoms with E-state index in [-0.39, 0.29) is 0 Å². The molecular formula is C12H16O2. The summed E-state index contributed by atoms with van der Waals surface area (Å²) in [7, 11) is 3.35. The van der Waals surface area contributed by atoms with E-state index in [9.17, 15) is 0 Å². The molecular weight excluding hydrogens is 176 g/mol. The number of hydrogen-bond donors (Lipinski definition) is 0. The predicted molar refractivity (Wildman–Crippen MR) is 59.0 cm³/mol. The summed E-state index contributed by atoms with van der Waals surface area (Å²) in [5, 5.41) is 0. The summed E-state index contributed by atoms with van der Waals surface area (Å²) in [4.78, 5) is 0. The summed E-state index contributed by atoms with van der Waals surface area (Å²) < 4.78 is 10.5. The van der Waals surface area contributed by atoms with E-state index < -0.39 is 0 Å². The molecule has 0 atom stereocenters. The summed E-state index contributed by atoms with van der Waals surface area (Å²) in [5.74, 6) is 1.76. The average molecular weight is 192 g/mol. The summed E-state index contributed by atoms with van der Waals surface area (Å²) in [5.41, 5.74) is 2.12. The Balaban J connectivity index is 3.24. The zero-order chi connectivity index (χ0) is 10.6. The van der Waals surface area contributed by atoms with Crippen molar-refractivity contribution in [2.75, 3.05) is 14.2 Å². The third-order valence-electron chi connectivity index (χ3n) is 2.09. The van der Waals surface area contributed by atoms with Gasteiger partial charge in [0.05, 0.1) is 14.2 Å². The van der Waals surface area contributed by atoms with Gasteiger partial charge in [0, 0.05) is 5.56 Å². The maximum Gasteiger partial charge on any atom is 0.126 e. The van der Waals surface area contributed by atoms with Crippen molar-refractivity contribution in [2.45, 2.75) is 13.8 Å². The van der Waals surface area contributed by atoms with Crippen molar-refractivity contribution in [3.05, 3.63) is 29.3 Å². The van der Waals surface area contributed by atoms with Crippen LogP contribution in [-0.4, -0.2) is 14.2 Å². The smallest absolute Gasteiger partial charge is 0.126 e. The molecule has 2 heteroatoms. The van der Waals surface area contributed by atoms with Gasteiger partial charge >= 0.3 is 0 Å². The van der Waals surface area contributed by atoms with Crippen LogP contribution in [-0.2, 0) is 0 Å². The van der Waals surface area contributed by atoms with Gasteiger partial charge in [0.25, 0.3) is 0 Å². The SMILES string of the molecule is C/C=C/c1cc(OC)c(C)cc1OC. The Hall–Kier alpha value is -1.44. The van der Waals surface area contributed by atoms with Gasteiger partial charge in [-0.15, -0.1) is 0 Å². The van der Waals surface area contributed by atoms with Gasteiger partial charge in [-0.2, -0.15) is 0 Å². The first-order valence-corrected chi connectivity index (χ1v) is 4.58. The second-order valence-electron chi connectivity index (χ2n) is 3.06. The van der Waals surface area contributed by atoms with Crippen LogP contribution >= 0.6 is 0 Å². The fourth-order valence-electron chi connectivity index (χ4n) is 1.38. The first-order chi connectivity index (χ1) is 6.72. The van der Waals surface area contributed by atoms with E-state index >= 15 is 0 Å². The number of benzene rings is 1. The molecule has 0 radical (unpaired) electrons. The fourth-order valence-corrected chi connectivity index (χ4v) is 1.38. The van der Waals surface area contributed by atoms with Gasteiger partial charge in [-0.05, 0) is 31.5 Å². The lowest BCUT2D eigenvalue weighted by atomic mass is 10.1. The molecule has 0 bridgehead atoms. The molecule has 0 aliphatic carbocycles. The largest absolute Gasteiger partial charge is 0.496 e. The second kappa shape index (κ2) is 4.70. The summed E-state index contributed by atoms with van der Waals surface area (Å²) >= 11 is 0. The third-order valence-corrected chi connectivity index (χ3v) is 2.09. The van der Waals surface area contributed by atoms with Crippen LogP contribution < -0.4 is 9.47 Å². The van der Waals surface area contributed by atoms with Crippen LogP contribution in [0.15, 0.2) is 18.2 Å². The lowest BCUT2D eigenvalue weighted by molar-refractivity contribution is 0.400. The van der Waals surface area contributed by atoms with Gasteiger partial charge in [0.2, 0.25) is 0 Å². The first-order valence-electron chi connectivity index (χ1n) is 4.58. The number of aryl methyl sites for hydroxylation is 1. The van der Waals surface area contributed by atoms with Crippen LogP contribution in [0.5, 0.6) is 11.5 Å². The number of methoxy groups -OCH3 is 2. The lowest BCUT2D eigenvalue weighted by Crippen LogP contribution is -1.92. The molecule has 0 fully saturated rings. The minimum Gasteiger partial charge on any atom is -0.496 e. The molecule has 0 saturated carbocycles. The van der Waals surface area contributed by atoms with E-state index in [1.165, 1.54) is 0 Å². The van der Waals surface area contributed by atoms with Gasteiger partial charge in [0.15, 0.2) is 0 Å². The molecule has 2 nitrogen and oxygen atoms in total. The van der Waals surface area contributed by atoms with Crippen molar-refractivity contribution < 1.29 is 9.47 Å². The molecule has 1 aromatic rings. The molecule has 1 rings (SSSR count). The minimum absolute atomic E-state index is 0.876. The van der Waals surface area contributed by atoms with Crippen molar-refractivity contribution in [3.63, 3.8) is 0 Å². The Labute approximate surface area is 85.2 Å². The van der Waals surface area contributed by atoms with Crippen molar-refractivity contribution in [3.8, 4) is 11.5 Å². The summed E-state index contributed by atoms with van der Waals surface area (Å²) in [6, 6.07) is 3.96. The van der Waals surface area contributed by atoms with Crippen LogP contribution in [0, 0.1) is 6.92 Å². The number of rotatable bonds is 3. The second-order valence-corrected chi connectivity index (χ2v) is 3.06. The van der Waals surface area contributed by atoms with Crippen LogP contribution in [0.3, 0.4) is 0 Å². The molecule has 0 aromatic heterocycles. The molecule has 0 N–H and O–H groups in total. The fraction of sp³-hybridized carbons (Fsp3) is 0.333. The van der Waals surface area contributed by atoms with Gasteiger partial charge in [-0.1, -0.05) is 12.2 Å². The highest BCUT2D eigenvalue weighted by molar-refractivity contribution is 5.61. The Morgan fingerprint density at radius 3 is 2.21 bits per heavy atom. The number of hydrogen-bond acceptors (Lipinski definition) is 2. The number of allylic oxidation sites excluding steroid dienone is 1. The molecule has 14 heavy (non-hydrogen) atoms. The van der Waals surface area contributed by atoms with Crippen LogP contribution in [0.1, 0.15) is 18.1 Å². The average Bonchev–Trinajstić information content (AvgIpc) is 2.20. The van der Waals surface area contributed by atoms with Gasteiger partial charge in [-0.25, -0.2) is 0 Å². The normalized spacial score (nSPS) is 10.6. The highest BCUT2D eigenvalue weighted by atomic mass is 16.5. The molecule has 0 saturated heterocycles. The predicted octanol–water partition coefficient (Wildman–Crippen LogP) is 3.05. The maximum atomic E-state index is 5.27.